The van der Waals surface area contributed by atoms with Crippen LogP contribution in [0, 0.1) is 13.8 Å². The molecule has 0 saturated heterocycles. The van der Waals surface area contributed by atoms with Crippen molar-refractivity contribution in [1.29, 1.82) is 0 Å². The molecule has 1 aromatic heterocycles. The van der Waals surface area contributed by atoms with E-state index in [0.29, 0.717) is 5.69 Å². The highest BCUT2D eigenvalue weighted by Crippen LogP contribution is 2.05. The minimum Gasteiger partial charge on any atom is -0.364 e. The van der Waals surface area contributed by atoms with Crippen LogP contribution in [0.5, 0.6) is 0 Å². The standard InChI is InChI=1S/C8H10N2O/c1-5-3-7(8(9)11)10-4-6(5)2/h3-4H,1-2H3,(H2,9,11). The molecule has 0 fully saturated rings. The summed E-state index contributed by atoms with van der Waals surface area (Å²) in [7, 11) is 0. The van der Waals surface area contributed by atoms with E-state index in [0.717, 1.165) is 11.1 Å². The molecule has 2 N–H and O–H groups in total. The lowest BCUT2D eigenvalue weighted by molar-refractivity contribution is 0.0995. The Morgan fingerprint density at radius 2 is 2.09 bits per heavy atom. The number of nitrogens with zero attached hydrogens (tertiary/aromatic N) is 1. The van der Waals surface area contributed by atoms with Gasteiger partial charge in [-0.25, -0.2) is 0 Å². The van der Waals surface area contributed by atoms with E-state index in [9.17, 15) is 4.79 Å². The minimum atomic E-state index is -0.479. The molecule has 0 spiro atoms. The number of carbonyl (C=O) groups excluding carboxylic acids is 1. The summed E-state index contributed by atoms with van der Waals surface area (Å²) in [6.45, 7) is 3.86. The van der Waals surface area contributed by atoms with Gasteiger partial charge in [0.25, 0.3) is 5.91 Å². The van der Waals surface area contributed by atoms with Crippen LogP contribution in [0.3, 0.4) is 0 Å². The summed E-state index contributed by atoms with van der Waals surface area (Å²) in [5.41, 5.74) is 7.46. The topological polar surface area (TPSA) is 56.0 Å². The lowest BCUT2D eigenvalue weighted by Gasteiger charge is -1.99. The third kappa shape index (κ3) is 1.55. The number of pyridine rings is 1. The molecule has 1 aromatic rings. The number of aryl methyl sites for hydroxylation is 2. The predicted molar refractivity (Wildman–Crippen MR) is 42.2 cm³/mol. The Labute approximate surface area is 65.2 Å². The molecule has 0 atom stereocenters. The Morgan fingerprint density at radius 1 is 1.45 bits per heavy atom. The second-order valence-corrected chi connectivity index (χ2v) is 2.52. The molecule has 11 heavy (non-hydrogen) atoms. The van der Waals surface area contributed by atoms with Crippen molar-refractivity contribution in [2.45, 2.75) is 13.8 Å². The van der Waals surface area contributed by atoms with Gasteiger partial charge in [0.05, 0.1) is 0 Å². The first-order valence-corrected chi connectivity index (χ1v) is 3.34. The Balaban J connectivity index is 3.15. The molecule has 3 heteroatoms. The first-order chi connectivity index (χ1) is 5.11. The summed E-state index contributed by atoms with van der Waals surface area (Å²) in [5.74, 6) is -0.479. The van der Waals surface area contributed by atoms with Gasteiger partial charge in [-0.3, -0.25) is 9.78 Å². The van der Waals surface area contributed by atoms with Crippen molar-refractivity contribution in [3.63, 3.8) is 0 Å². The van der Waals surface area contributed by atoms with Crippen molar-refractivity contribution in [2.24, 2.45) is 5.73 Å². The molecule has 0 bridgehead atoms. The highest BCUT2D eigenvalue weighted by molar-refractivity contribution is 5.90. The van der Waals surface area contributed by atoms with Crippen molar-refractivity contribution < 1.29 is 4.79 Å². The fraction of sp³-hybridized carbons (Fsp3) is 0.250. The molecule has 0 aromatic carbocycles. The maximum absolute atomic E-state index is 10.6. The fourth-order valence-electron chi connectivity index (χ4n) is 0.759. The van der Waals surface area contributed by atoms with Gasteiger partial charge in [0.15, 0.2) is 0 Å². The number of nitrogens with two attached hydrogens (primary N) is 1. The molecule has 0 aliphatic rings. The molecular weight excluding hydrogens is 140 g/mol. The molecule has 1 amide bonds. The van der Waals surface area contributed by atoms with E-state index in [1.165, 1.54) is 0 Å². The van der Waals surface area contributed by atoms with E-state index in [4.69, 9.17) is 5.73 Å². The molecule has 1 rings (SSSR count). The van der Waals surface area contributed by atoms with E-state index in [-0.39, 0.29) is 0 Å². The zero-order valence-electron chi connectivity index (χ0n) is 6.59. The smallest absolute Gasteiger partial charge is 0.267 e. The summed E-state index contributed by atoms with van der Waals surface area (Å²) in [5, 5.41) is 0. The van der Waals surface area contributed by atoms with Gasteiger partial charge in [0, 0.05) is 6.20 Å². The van der Waals surface area contributed by atoms with E-state index in [2.05, 4.69) is 4.98 Å². The quantitative estimate of drug-likeness (QED) is 0.643. The molecule has 0 aliphatic carbocycles. The van der Waals surface area contributed by atoms with Crippen molar-refractivity contribution in [3.8, 4) is 0 Å². The average molecular weight is 150 g/mol. The predicted octanol–water partition coefficient (Wildman–Crippen LogP) is 0.797. The number of hydrogen-bond donors (Lipinski definition) is 1. The molecule has 0 unspecified atom stereocenters. The van der Waals surface area contributed by atoms with Crippen LogP contribution in [0.2, 0.25) is 0 Å². The van der Waals surface area contributed by atoms with Crippen LogP contribution in [-0.4, -0.2) is 10.9 Å². The second kappa shape index (κ2) is 2.70. The highest BCUT2D eigenvalue weighted by atomic mass is 16.1. The van der Waals surface area contributed by atoms with Crippen LogP contribution in [0.15, 0.2) is 12.3 Å². The van der Waals surface area contributed by atoms with Crippen LogP contribution in [0.1, 0.15) is 21.6 Å². The van der Waals surface area contributed by atoms with Gasteiger partial charge in [-0.05, 0) is 31.0 Å². The molecule has 0 radical (unpaired) electrons. The number of rotatable bonds is 1. The summed E-state index contributed by atoms with van der Waals surface area (Å²) in [6, 6.07) is 1.69. The van der Waals surface area contributed by atoms with Crippen LogP contribution in [0.25, 0.3) is 0 Å². The summed E-state index contributed by atoms with van der Waals surface area (Å²) >= 11 is 0. The molecule has 58 valence electrons. The zero-order chi connectivity index (χ0) is 8.43. The fourth-order valence-corrected chi connectivity index (χ4v) is 0.759. The van der Waals surface area contributed by atoms with Crippen molar-refractivity contribution in [3.05, 3.63) is 29.1 Å². The molecular formula is C8H10N2O. The van der Waals surface area contributed by atoms with E-state index in [1.807, 2.05) is 13.8 Å². The Bertz CT molecular complexity index is 294. The average Bonchev–Trinajstić information content (AvgIpc) is 1.94. The third-order valence-electron chi connectivity index (χ3n) is 1.62. The number of amides is 1. The van der Waals surface area contributed by atoms with E-state index >= 15 is 0 Å². The largest absolute Gasteiger partial charge is 0.364 e. The SMILES string of the molecule is Cc1cnc(C(N)=O)cc1C. The number of primary amides is 1. The molecule has 0 aliphatic heterocycles. The summed E-state index contributed by atoms with van der Waals surface area (Å²) < 4.78 is 0. The monoisotopic (exact) mass is 150 g/mol. The van der Waals surface area contributed by atoms with Crippen LogP contribution >= 0.6 is 0 Å². The van der Waals surface area contributed by atoms with Gasteiger partial charge in [-0.15, -0.1) is 0 Å². The van der Waals surface area contributed by atoms with Gasteiger partial charge in [-0.2, -0.15) is 0 Å². The lowest BCUT2D eigenvalue weighted by Crippen LogP contribution is -2.13. The first kappa shape index (κ1) is 7.72. The van der Waals surface area contributed by atoms with Crippen molar-refractivity contribution in [1.82, 2.24) is 4.98 Å². The van der Waals surface area contributed by atoms with Crippen LogP contribution in [0.4, 0.5) is 0 Å². The van der Waals surface area contributed by atoms with Gasteiger partial charge in [0.2, 0.25) is 0 Å². The van der Waals surface area contributed by atoms with Gasteiger partial charge < -0.3 is 5.73 Å². The molecule has 1 heterocycles. The first-order valence-electron chi connectivity index (χ1n) is 3.34. The van der Waals surface area contributed by atoms with E-state index < -0.39 is 5.91 Å². The Hall–Kier alpha value is -1.38. The van der Waals surface area contributed by atoms with Crippen LogP contribution in [-0.2, 0) is 0 Å². The van der Waals surface area contributed by atoms with E-state index in [1.54, 1.807) is 12.3 Å². The van der Waals surface area contributed by atoms with Gasteiger partial charge in [0.1, 0.15) is 5.69 Å². The number of aromatic nitrogens is 1. The van der Waals surface area contributed by atoms with Crippen molar-refractivity contribution in [2.75, 3.05) is 0 Å². The normalized spacial score (nSPS) is 9.64. The Morgan fingerprint density at radius 3 is 2.55 bits per heavy atom. The highest BCUT2D eigenvalue weighted by Gasteiger charge is 2.01. The second-order valence-electron chi connectivity index (χ2n) is 2.52. The summed E-state index contributed by atoms with van der Waals surface area (Å²) in [6.07, 6.45) is 1.65. The zero-order valence-corrected chi connectivity index (χ0v) is 6.59. The summed E-state index contributed by atoms with van der Waals surface area (Å²) in [4.78, 5) is 14.5. The van der Waals surface area contributed by atoms with Crippen LogP contribution < -0.4 is 5.73 Å². The third-order valence-corrected chi connectivity index (χ3v) is 1.62. The number of carbonyl (C=O) groups is 1. The minimum absolute atomic E-state index is 0.327. The molecule has 0 saturated carbocycles. The van der Waals surface area contributed by atoms with Gasteiger partial charge >= 0.3 is 0 Å². The maximum Gasteiger partial charge on any atom is 0.267 e. The van der Waals surface area contributed by atoms with Crippen molar-refractivity contribution >= 4 is 5.91 Å². The lowest BCUT2D eigenvalue weighted by atomic mass is 10.1. The number of hydrogen-bond acceptors (Lipinski definition) is 2. The maximum atomic E-state index is 10.6. The van der Waals surface area contributed by atoms with Gasteiger partial charge in [-0.1, -0.05) is 0 Å². The molecule has 3 nitrogen and oxygen atoms in total. The Kier molecular flexibility index (Phi) is 1.89.